The molecule has 2 bridgehead atoms. The number of rotatable bonds is 11. The van der Waals surface area contributed by atoms with E-state index < -0.39 is 30.1 Å². The first kappa shape index (κ1) is 29.0. The van der Waals surface area contributed by atoms with Crippen molar-refractivity contribution in [2.45, 2.75) is 90.3 Å². The number of carbonyl (C=O) groups excluding carboxylic acids is 4. The van der Waals surface area contributed by atoms with Gasteiger partial charge in [-0.15, -0.1) is 5.10 Å². The quantitative estimate of drug-likeness (QED) is 0.269. The van der Waals surface area contributed by atoms with E-state index in [2.05, 4.69) is 31.2 Å². The summed E-state index contributed by atoms with van der Waals surface area (Å²) in [6.07, 6.45) is 7.87. The maximum Gasteiger partial charge on any atom is 0.344 e. The van der Waals surface area contributed by atoms with Crippen molar-refractivity contribution in [1.82, 2.24) is 35.9 Å². The van der Waals surface area contributed by atoms with Gasteiger partial charge in [-0.3, -0.25) is 14.4 Å². The van der Waals surface area contributed by atoms with Crippen LogP contribution in [0.3, 0.4) is 0 Å². The number of H-pyrrole nitrogens is 1. The number of amides is 3. The molecule has 0 aliphatic carbocycles. The number of fused-ring (bicyclic) bond motifs is 3. The second kappa shape index (κ2) is 13.4. The van der Waals surface area contributed by atoms with E-state index in [0.717, 1.165) is 40.4 Å². The molecule has 3 aromatic rings. The van der Waals surface area contributed by atoms with Crippen molar-refractivity contribution in [2.75, 3.05) is 0 Å². The maximum absolute atomic E-state index is 13.7. The lowest BCUT2D eigenvalue weighted by Gasteiger charge is -2.27. The van der Waals surface area contributed by atoms with E-state index in [1.807, 2.05) is 51.2 Å². The van der Waals surface area contributed by atoms with Gasteiger partial charge in [-0.2, -0.15) is 4.68 Å². The van der Waals surface area contributed by atoms with Gasteiger partial charge in [-0.25, -0.2) is 4.79 Å². The van der Waals surface area contributed by atoms with Crippen LogP contribution in [0.1, 0.15) is 83.0 Å². The zero-order valence-corrected chi connectivity index (χ0v) is 23.4. The number of Topliss-reactive ketones (excluding diaryl/α,β-unsaturated/α-hetero) is 1. The normalized spacial score (nSPS) is 20.7. The Morgan fingerprint density at radius 1 is 1.00 bits per heavy atom. The second-order valence-electron chi connectivity index (χ2n) is 10.6. The molecule has 11 heteroatoms. The lowest BCUT2D eigenvalue weighted by Crippen LogP contribution is -2.55. The molecule has 3 heterocycles. The molecule has 11 nitrogen and oxygen atoms in total. The Labute approximate surface area is 233 Å². The number of aromatic nitrogens is 4. The van der Waals surface area contributed by atoms with Crippen LogP contribution >= 0.6 is 0 Å². The van der Waals surface area contributed by atoms with Crippen molar-refractivity contribution in [1.29, 1.82) is 0 Å². The number of carbonyl (C=O) groups is 4. The number of para-hydroxylation sites is 1. The number of nitrogens with one attached hydrogen (secondary N) is 4. The maximum atomic E-state index is 13.7. The minimum absolute atomic E-state index is 0.0110. The molecule has 0 saturated heterocycles. The van der Waals surface area contributed by atoms with Crippen molar-refractivity contribution >= 4 is 34.5 Å². The number of hydrogen-bond donors (Lipinski definition) is 4. The predicted molar refractivity (Wildman–Crippen MR) is 150 cm³/mol. The van der Waals surface area contributed by atoms with E-state index in [1.54, 1.807) is 0 Å². The van der Waals surface area contributed by atoms with Crippen LogP contribution in [0.5, 0.6) is 0 Å². The van der Waals surface area contributed by atoms with Crippen molar-refractivity contribution in [2.24, 2.45) is 5.92 Å². The second-order valence-corrected chi connectivity index (χ2v) is 10.6. The first-order valence-electron chi connectivity index (χ1n) is 14.2. The summed E-state index contributed by atoms with van der Waals surface area (Å²) in [5.74, 6) is -0.557. The Morgan fingerprint density at radius 2 is 1.77 bits per heavy atom. The SMILES string of the molecule is CCC(=O)CCCCC[C@@H]1NC(=O)n2cc(nn2)[C@H](C(C)CC)NC(=O)[C@H](Cc2c[nH]c3ccccc23)NC1=O. The molecule has 1 unspecified atom stereocenters. The number of ketones is 1. The van der Waals surface area contributed by atoms with Crippen LogP contribution in [0.25, 0.3) is 10.9 Å². The van der Waals surface area contributed by atoms with Gasteiger partial charge in [0.1, 0.15) is 23.6 Å². The summed E-state index contributed by atoms with van der Waals surface area (Å²) >= 11 is 0. The number of benzene rings is 1. The number of unbranched alkanes of at least 4 members (excludes halogenated alkanes) is 2. The highest BCUT2D eigenvalue weighted by atomic mass is 16.2. The molecule has 1 aromatic carbocycles. The van der Waals surface area contributed by atoms with E-state index in [-0.39, 0.29) is 24.0 Å². The smallest absolute Gasteiger partial charge is 0.344 e. The molecular formula is C29H39N7O4. The summed E-state index contributed by atoms with van der Waals surface area (Å²) in [5.41, 5.74) is 2.32. The highest BCUT2D eigenvalue weighted by molar-refractivity contribution is 5.93. The summed E-state index contributed by atoms with van der Waals surface area (Å²) in [6, 6.07) is 4.98. The first-order chi connectivity index (χ1) is 19.3. The summed E-state index contributed by atoms with van der Waals surface area (Å²) < 4.78 is 1.07. The van der Waals surface area contributed by atoms with Crippen molar-refractivity contribution in [3.8, 4) is 0 Å². The third-order valence-electron chi connectivity index (χ3n) is 7.74. The third kappa shape index (κ3) is 6.94. The third-order valence-corrected chi connectivity index (χ3v) is 7.74. The lowest BCUT2D eigenvalue weighted by molar-refractivity contribution is -0.130. The average Bonchev–Trinajstić information content (AvgIpc) is 3.61. The molecule has 0 fully saturated rings. The molecule has 4 rings (SSSR count). The molecule has 1 aliphatic rings. The Hall–Kier alpha value is -4.02. The van der Waals surface area contributed by atoms with Crippen LogP contribution in [0, 0.1) is 5.92 Å². The molecule has 40 heavy (non-hydrogen) atoms. The monoisotopic (exact) mass is 549 g/mol. The zero-order valence-electron chi connectivity index (χ0n) is 23.4. The van der Waals surface area contributed by atoms with Crippen LogP contribution < -0.4 is 16.0 Å². The molecule has 1 aliphatic heterocycles. The van der Waals surface area contributed by atoms with Crippen LogP contribution in [0.2, 0.25) is 0 Å². The largest absolute Gasteiger partial charge is 0.361 e. The lowest BCUT2D eigenvalue weighted by atomic mass is 9.95. The van der Waals surface area contributed by atoms with Gasteiger partial charge in [0.05, 0.1) is 12.2 Å². The van der Waals surface area contributed by atoms with Gasteiger partial charge in [0.25, 0.3) is 0 Å². The minimum Gasteiger partial charge on any atom is -0.361 e. The Morgan fingerprint density at radius 3 is 2.55 bits per heavy atom. The molecule has 3 amide bonds. The Bertz CT molecular complexity index is 1350. The van der Waals surface area contributed by atoms with Crippen molar-refractivity contribution in [3.63, 3.8) is 0 Å². The number of aromatic amines is 1. The Balaban J connectivity index is 1.61. The van der Waals surface area contributed by atoms with E-state index >= 15 is 0 Å². The van der Waals surface area contributed by atoms with E-state index in [0.29, 0.717) is 31.4 Å². The van der Waals surface area contributed by atoms with Gasteiger partial charge in [-0.1, -0.05) is 63.4 Å². The molecule has 4 N–H and O–H groups in total. The zero-order chi connectivity index (χ0) is 28.6. The van der Waals surface area contributed by atoms with Crippen LogP contribution in [0.4, 0.5) is 4.79 Å². The van der Waals surface area contributed by atoms with Gasteiger partial charge in [0, 0.05) is 36.4 Å². The number of nitrogens with zero attached hydrogens (tertiary/aromatic N) is 3. The van der Waals surface area contributed by atoms with Gasteiger partial charge < -0.3 is 20.9 Å². The van der Waals surface area contributed by atoms with Crippen molar-refractivity contribution in [3.05, 3.63) is 47.9 Å². The average molecular weight is 550 g/mol. The molecule has 214 valence electrons. The van der Waals surface area contributed by atoms with Crippen LogP contribution in [-0.4, -0.2) is 55.7 Å². The fourth-order valence-corrected chi connectivity index (χ4v) is 5.03. The molecule has 0 saturated carbocycles. The Kier molecular flexibility index (Phi) is 9.68. The van der Waals surface area contributed by atoms with Gasteiger partial charge in [-0.05, 0) is 30.4 Å². The molecule has 4 atom stereocenters. The molecular weight excluding hydrogens is 510 g/mol. The topological polar surface area (TPSA) is 151 Å². The fourth-order valence-electron chi connectivity index (χ4n) is 5.03. The molecule has 0 spiro atoms. The molecule has 2 aromatic heterocycles. The summed E-state index contributed by atoms with van der Waals surface area (Å²) in [7, 11) is 0. The van der Waals surface area contributed by atoms with E-state index in [1.165, 1.54) is 6.20 Å². The van der Waals surface area contributed by atoms with Crippen molar-refractivity contribution < 1.29 is 19.2 Å². The van der Waals surface area contributed by atoms with Crippen LogP contribution in [0.15, 0.2) is 36.7 Å². The highest BCUT2D eigenvalue weighted by Crippen LogP contribution is 2.24. The fraction of sp³-hybridized carbons (Fsp3) is 0.517. The van der Waals surface area contributed by atoms with Gasteiger partial charge in [0.2, 0.25) is 11.8 Å². The van der Waals surface area contributed by atoms with Gasteiger partial charge >= 0.3 is 6.03 Å². The summed E-state index contributed by atoms with van der Waals surface area (Å²) in [4.78, 5) is 55.2. The first-order valence-corrected chi connectivity index (χ1v) is 14.2. The van der Waals surface area contributed by atoms with E-state index in [4.69, 9.17) is 0 Å². The van der Waals surface area contributed by atoms with Crippen LogP contribution in [-0.2, 0) is 20.8 Å². The standard InChI is InChI=1S/C29H39N7O4/c1-4-18(3)26-25-17-36(35-34-25)29(40)32-23(14-8-6-7-11-20(37)5-2)27(38)31-24(28(39)33-26)15-19-16-30-22-13-10-9-12-21(19)22/h9-10,12-13,16-18,23-24,26,30H,4-8,11,14-15H2,1-3H3,(H,31,38)(H,32,40)(H,33,39)/t18?,23-,24-,26-/m0/s1. The minimum atomic E-state index is -0.884. The summed E-state index contributed by atoms with van der Waals surface area (Å²) in [6.45, 7) is 5.85. The number of hydrogen-bond acceptors (Lipinski definition) is 6. The summed E-state index contributed by atoms with van der Waals surface area (Å²) in [5, 5.41) is 17.9. The highest BCUT2D eigenvalue weighted by Gasteiger charge is 2.32. The van der Waals surface area contributed by atoms with E-state index in [9.17, 15) is 19.2 Å². The predicted octanol–water partition coefficient (Wildman–Crippen LogP) is 3.56. The molecule has 0 radical (unpaired) electrons. The van der Waals surface area contributed by atoms with Gasteiger partial charge in [0.15, 0.2) is 0 Å².